The Kier molecular flexibility index (Phi) is 9.45. The first kappa shape index (κ1) is 30.5. The molecule has 0 N–H and O–H groups in total. The van der Waals surface area contributed by atoms with Gasteiger partial charge in [0.1, 0.15) is 17.1 Å². The maximum absolute atomic E-state index is 15.2. The minimum Gasteiger partial charge on any atom is -0.381 e. The zero-order valence-electron chi connectivity index (χ0n) is 23.9. The number of hydrogen-bond donors (Lipinski definition) is 0. The van der Waals surface area contributed by atoms with Crippen LogP contribution in [0.25, 0.3) is 0 Å². The van der Waals surface area contributed by atoms with Crippen molar-refractivity contribution in [2.45, 2.75) is 49.7 Å². The van der Waals surface area contributed by atoms with Crippen LogP contribution < -0.4 is 0 Å². The number of likely N-dealkylation sites (tertiary alicyclic amines) is 2. The SMILES string of the molecule is N#CC1(C(=O)N2CCN([C@@H](CN3CCOCC3)C(=O)N3CCC(F)(F)C3)CC2)CCN(CC2(F)CCOCC2)CC1. The van der Waals surface area contributed by atoms with Crippen LogP contribution in [0.2, 0.25) is 0 Å². The van der Waals surface area contributed by atoms with Gasteiger partial charge in [-0.2, -0.15) is 5.26 Å². The van der Waals surface area contributed by atoms with Gasteiger partial charge < -0.3 is 24.2 Å². The zero-order chi connectivity index (χ0) is 29.1. The summed E-state index contributed by atoms with van der Waals surface area (Å²) in [5.41, 5.74) is -2.42. The molecule has 0 aromatic rings. The number of carbonyl (C=O) groups excluding carboxylic acids is 2. The summed E-state index contributed by atoms with van der Waals surface area (Å²) >= 11 is 0. The molecule has 10 nitrogen and oxygen atoms in total. The highest BCUT2D eigenvalue weighted by atomic mass is 19.3. The Morgan fingerprint density at radius 3 is 1.98 bits per heavy atom. The van der Waals surface area contributed by atoms with E-state index in [1.165, 1.54) is 4.90 Å². The number of ether oxygens (including phenoxy) is 2. The van der Waals surface area contributed by atoms with E-state index in [0.29, 0.717) is 118 Å². The Balaban J connectivity index is 1.18. The Hall–Kier alpha value is -1.98. The van der Waals surface area contributed by atoms with E-state index in [2.05, 4.69) is 11.0 Å². The first-order chi connectivity index (χ1) is 19.6. The fourth-order valence-electron chi connectivity index (χ4n) is 6.81. The third kappa shape index (κ3) is 7.16. The summed E-state index contributed by atoms with van der Waals surface area (Å²) in [6, 6.07) is 1.73. The summed E-state index contributed by atoms with van der Waals surface area (Å²) in [5.74, 6) is -3.35. The smallest absolute Gasteiger partial charge is 0.267 e. The fourth-order valence-corrected chi connectivity index (χ4v) is 6.81. The van der Waals surface area contributed by atoms with Crippen molar-refractivity contribution in [2.75, 3.05) is 105 Å². The molecule has 1 atom stereocenters. The van der Waals surface area contributed by atoms with Crippen molar-refractivity contribution < 1.29 is 32.2 Å². The number of nitriles is 1. The molecule has 0 saturated carbocycles. The van der Waals surface area contributed by atoms with Gasteiger partial charge in [-0.05, 0) is 12.8 Å². The van der Waals surface area contributed by atoms with Crippen LogP contribution >= 0.6 is 0 Å². The van der Waals surface area contributed by atoms with Gasteiger partial charge in [0.2, 0.25) is 11.8 Å². The molecule has 5 aliphatic heterocycles. The molecule has 0 spiro atoms. The highest BCUT2D eigenvalue weighted by Crippen LogP contribution is 2.36. The van der Waals surface area contributed by atoms with Gasteiger partial charge in [-0.1, -0.05) is 0 Å². The van der Waals surface area contributed by atoms with Gasteiger partial charge in [0.05, 0.1) is 25.8 Å². The molecule has 0 aromatic heterocycles. The Morgan fingerprint density at radius 1 is 0.756 bits per heavy atom. The van der Waals surface area contributed by atoms with Gasteiger partial charge in [-0.25, -0.2) is 13.2 Å². The van der Waals surface area contributed by atoms with E-state index in [-0.39, 0.29) is 24.8 Å². The summed E-state index contributed by atoms with van der Waals surface area (Å²) in [5, 5.41) is 10.1. The number of amides is 2. The third-order valence-electron chi connectivity index (χ3n) is 9.57. The monoisotopic (exact) mass is 584 g/mol. The second-order valence-corrected chi connectivity index (χ2v) is 12.4. The molecule has 5 fully saturated rings. The van der Waals surface area contributed by atoms with Crippen molar-refractivity contribution in [2.24, 2.45) is 5.41 Å². The molecule has 2 amide bonds. The number of piperazine rings is 1. The predicted octanol–water partition coefficient (Wildman–Crippen LogP) is 0.823. The molecule has 5 aliphatic rings. The third-order valence-corrected chi connectivity index (χ3v) is 9.57. The minimum absolute atomic E-state index is 0.0446. The summed E-state index contributed by atoms with van der Waals surface area (Å²) in [7, 11) is 0. The number of halogens is 3. The highest BCUT2D eigenvalue weighted by Gasteiger charge is 2.47. The van der Waals surface area contributed by atoms with Crippen molar-refractivity contribution in [3.8, 4) is 6.07 Å². The predicted molar refractivity (Wildman–Crippen MR) is 143 cm³/mol. The number of alkyl halides is 3. The van der Waals surface area contributed by atoms with Crippen LogP contribution in [-0.2, 0) is 19.1 Å². The lowest BCUT2D eigenvalue weighted by Crippen LogP contribution is -2.61. The number of morpholine rings is 1. The van der Waals surface area contributed by atoms with Gasteiger partial charge in [0, 0.05) is 104 Å². The number of nitrogens with zero attached hydrogens (tertiary/aromatic N) is 6. The number of piperidine rings is 1. The number of carbonyl (C=O) groups is 2. The largest absolute Gasteiger partial charge is 0.381 e. The van der Waals surface area contributed by atoms with E-state index >= 15 is 4.39 Å². The highest BCUT2D eigenvalue weighted by molar-refractivity contribution is 5.86. The number of rotatable bonds is 7. The Bertz CT molecular complexity index is 968. The maximum Gasteiger partial charge on any atom is 0.267 e. The molecule has 0 unspecified atom stereocenters. The van der Waals surface area contributed by atoms with Gasteiger partial charge in [0.15, 0.2) is 0 Å². The lowest BCUT2D eigenvalue weighted by Gasteiger charge is -2.45. The molecule has 230 valence electrons. The Labute approximate surface area is 240 Å². The lowest BCUT2D eigenvalue weighted by atomic mass is 9.77. The molecule has 0 bridgehead atoms. The van der Waals surface area contributed by atoms with E-state index in [1.54, 1.807) is 4.90 Å². The molecule has 0 aliphatic carbocycles. The fraction of sp³-hybridized carbons (Fsp3) is 0.893. The molecule has 5 heterocycles. The van der Waals surface area contributed by atoms with E-state index in [9.17, 15) is 23.6 Å². The van der Waals surface area contributed by atoms with Crippen LogP contribution in [0.1, 0.15) is 32.1 Å². The zero-order valence-corrected chi connectivity index (χ0v) is 23.9. The quantitative estimate of drug-likeness (QED) is 0.435. The van der Waals surface area contributed by atoms with Gasteiger partial charge in [-0.15, -0.1) is 0 Å². The second-order valence-electron chi connectivity index (χ2n) is 12.4. The van der Waals surface area contributed by atoms with Crippen LogP contribution in [0.5, 0.6) is 0 Å². The lowest BCUT2D eigenvalue weighted by molar-refractivity contribution is -0.146. The van der Waals surface area contributed by atoms with Crippen molar-refractivity contribution in [1.29, 1.82) is 5.26 Å². The van der Waals surface area contributed by atoms with Crippen molar-refractivity contribution in [3.63, 3.8) is 0 Å². The molecule has 0 radical (unpaired) electrons. The molecule has 13 heteroatoms. The molecule has 41 heavy (non-hydrogen) atoms. The molecule has 5 rings (SSSR count). The van der Waals surface area contributed by atoms with Crippen LogP contribution in [-0.4, -0.2) is 159 Å². The normalized spacial score (nSPS) is 28.2. The van der Waals surface area contributed by atoms with Crippen LogP contribution in [0.3, 0.4) is 0 Å². The molecule has 0 aromatic carbocycles. The average molecular weight is 585 g/mol. The first-order valence-electron chi connectivity index (χ1n) is 15.0. The van der Waals surface area contributed by atoms with Gasteiger partial charge >= 0.3 is 0 Å². The molecular weight excluding hydrogens is 541 g/mol. The first-order valence-corrected chi connectivity index (χ1v) is 15.0. The summed E-state index contributed by atoms with van der Waals surface area (Å²) in [6.45, 7) is 6.11. The van der Waals surface area contributed by atoms with E-state index in [0.717, 1.165) is 0 Å². The van der Waals surface area contributed by atoms with Crippen LogP contribution in [0.15, 0.2) is 0 Å². The summed E-state index contributed by atoms with van der Waals surface area (Å²) < 4.78 is 53.8. The summed E-state index contributed by atoms with van der Waals surface area (Å²) in [4.78, 5) is 36.3. The van der Waals surface area contributed by atoms with Crippen LogP contribution in [0.4, 0.5) is 13.2 Å². The molecular formula is C28H43F3N6O4. The standard InChI is InChI=1S/C28H43F3N6O4/c29-27(4-15-40-16-5-27)21-34-6-1-26(20-32,2-7-34)25(39)36-11-9-35(10-12-36)23(19-33-13-17-41-18-14-33)24(38)37-8-3-28(30,31)22-37/h23H,1-19,21-22H2/t23-/m0/s1. The maximum atomic E-state index is 15.2. The molecule has 5 saturated heterocycles. The summed E-state index contributed by atoms with van der Waals surface area (Å²) in [6.07, 6.45) is 1.13. The Morgan fingerprint density at radius 2 is 1.39 bits per heavy atom. The van der Waals surface area contributed by atoms with Gasteiger partial charge in [0.25, 0.3) is 5.92 Å². The second kappa shape index (κ2) is 12.7. The van der Waals surface area contributed by atoms with Crippen molar-refractivity contribution in [3.05, 3.63) is 0 Å². The van der Waals surface area contributed by atoms with Crippen LogP contribution in [0, 0.1) is 16.7 Å². The average Bonchev–Trinajstić information content (AvgIpc) is 3.36. The van der Waals surface area contributed by atoms with Crippen molar-refractivity contribution in [1.82, 2.24) is 24.5 Å². The van der Waals surface area contributed by atoms with Crippen molar-refractivity contribution >= 4 is 11.8 Å². The minimum atomic E-state index is -2.86. The van der Waals surface area contributed by atoms with E-state index in [1.807, 2.05) is 9.80 Å². The van der Waals surface area contributed by atoms with Gasteiger partial charge in [-0.3, -0.25) is 19.4 Å². The topological polar surface area (TPSA) is 92.6 Å². The van der Waals surface area contributed by atoms with E-state index < -0.39 is 29.6 Å². The van der Waals surface area contributed by atoms with E-state index in [4.69, 9.17) is 9.47 Å². The number of hydrogen-bond acceptors (Lipinski definition) is 8.